The average Bonchev–Trinajstić information content (AvgIpc) is 3.00. The topological polar surface area (TPSA) is 91.7 Å². The van der Waals surface area contributed by atoms with Crippen molar-refractivity contribution in [1.82, 2.24) is 0 Å². The molecule has 0 heterocycles. The second kappa shape index (κ2) is 525. The fraction of sp³-hybridized carbons (Fsp3) is 0.756. The molecule has 0 spiro atoms. The third kappa shape index (κ3) is 2920. The van der Waals surface area contributed by atoms with Gasteiger partial charge in [-0.05, 0) is 34.6 Å². The summed E-state index contributed by atoms with van der Waals surface area (Å²) in [4.78, 5) is 28.6. The van der Waals surface area contributed by atoms with E-state index < -0.39 is 11.9 Å². The van der Waals surface area contributed by atoms with Crippen molar-refractivity contribution in [1.29, 1.82) is 0 Å². The van der Waals surface area contributed by atoms with Gasteiger partial charge in [0.15, 0.2) is 0 Å². The molecule has 2 N–H and O–H groups in total. The molecule has 336 valence electrons. The van der Waals surface area contributed by atoms with E-state index in [4.69, 9.17) is 10.2 Å². The Kier molecular flexibility index (Phi) is 2130. The first-order valence-corrected chi connectivity index (χ1v) is 14.8. The molecule has 0 radical (unpaired) electrons. The molecule has 0 rings (SSSR count). The molecule has 0 fully saturated rings. The van der Waals surface area contributed by atoms with E-state index in [1.807, 2.05) is 132 Å². The number of hydrogen-bond acceptors (Lipinski definition) is 3. The van der Waals surface area contributed by atoms with Crippen LogP contribution in [-0.2, 0) is 14.4 Å². The Bertz CT molecular complexity index is 295. The molecule has 0 aromatic rings. The van der Waals surface area contributed by atoms with Crippen molar-refractivity contribution in [3.8, 4) is 0 Å². The zero-order valence-corrected chi connectivity index (χ0v) is 31.7. The highest BCUT2D eigenvalue weighted by molar-refractivity contribution is 5.85. The van der Waals surface area contributed by atoms with E-state index in [2.05, 4.69) is 32.9 Å². The van der Waals surface area contributed by atoms with E-state index in [1.165, 1.54) is 27.7 Å². The Morgan fingerprint density at radius 2 is 0.400 bits per heavy atom. The van der Waals surface area contributed by atoms with Crippen molar-refractivity contribution in [3.63, 3.8) is 0 Å². The average molecular weight is 747 g/mol. The molecule has 0 aromatic heterocycles. The number of carbonyl (C=O) groups is 3. The van der Waals surface area contributed by atoms with Crippen LogP contribution in [0.25, 0.3) is 0 Å². The van der Waals surface area contributed by atoms with Crippen molar-refractivity contribution >= 4 is 17.7 Å². The van der Waals surface area contributed by atoms with E-state index in [9.17, 15) is 14.4 Å². The summed E-state index contributed by atoms with van der Waals surface area (Å²) < 4.78 is 0. The smallest absolute Gasteiger partial charge is 0.330 e. The largest absolute Gasteiger partial charge is 0.478 e. The number of hydrogen-bond donors (Lipinski definition) is 2. The number of Topliss-reactive ketones (excluding diaryl/α,β-unsaturated/α-hetero) is 1. The molecule has 5 heteroatoms. The van der Waals surface area contributed by atoms with Crippen molar-refractivity contribution in [2.24, 2.45) is 0 Å². The van der Waals surface area contributed by atoms with Gasteiger partial charge in [-0.3, -0.25) is 0 Å². The number of carbonyl (C=O) groups excluding carboxylic acids is 1. The van der Waals surface area contributed by atoms with Gasteiger partial charge in [0.05, 0.1) is 0 Å². The van der Waals surface area contributed by atoms with Gasteiger partial charge in [0.25, 0.3) is 0 Å². The Labute approximate surface area is 332 Å². The van der Waals surface area contributed by atoms with Gasteiger partial charge < -0.3 is 15.0 Å². The summed E-state index contributed by atoms with van der Waals surface area (Å²) >= 11 is 0. The maximum absolute atomic E-state index is 9.60. The molecule has 0 unspecified atom stereocenters. The molecule has 0 saturated carbocycles. The van der Waals surface area contributed by atoms with Gasteiger partial charge in [-0.25, -0.2) is 9.59 Å². The summed E-state index contributed by atoms with van der Waals surface area (Å²) in [5.74, 6) is -1.70. The van der Waals surface area contributed by atoms with Crippen LogP contribution in [0.4, 0.5) is 0 Å². The maximum atomic E-state index is 9.60. The zero-order valence-electron chi connectivity index (χ0n) is 31.7. The van der Waals surface area contributed by atoms with Gasteiger partial charge in [0.1, 0.15) is 5.78 Å². The monoisotopic (exact) mass is 747 g/mol. The molecular weight excluding hydrogens is 620 g/mol. The lowest BCUT2D eigenvalue weighted by Crippen LogP contribution is -1.92. The summed E-state index contributed by atoms with van der Waals surface area (Å²) in [5.41, 5.74) is 0.352. The predicted octanol–water partition coefficient (Wildman–Crippen LogP) is 20.1. The first kappa shape index (κ1) is 203. The standard InChI is InChI=1S/2C4H6O2.C3H6O.C3H6.9C2H6.C2H4.11CH4/c2*1-3(2)4(5)6;1-3(2)4;1-3-2;10*1-2;;;;;;;;;;;/h2*1H2,2H3,(H,5,6);1-2H3;3H,1H2,2H3;9*1-2H3;1-2H2;11*1H4. The van der Waals surface area contributed by atoms with Gasteiger partial charge in [-0.2, -0.15) is 0 Å². The quantitative estimate of drug-likeness (QED) is 0.217. The third-order valence-corrected chi connectivity index (χ3v) is 0.730. The molecule has 0 amide bonds. The first-order valence-electron chi connectivity index (χ1n) is 14.8. The molecule has 0 aliphatic rings. The predicted molar refractivity (Wildman–Crippen MR) is 265 cm³/mol. The van der Waals surface area contributed by atoms with Crippen LogP contribution in [-0.4, -0.2) is 27.9 Å². The molecule has 0 atom stereocenters. The summed E-state index contributed by atoms with van der Waals surface area (Å²) in [7, 11) is 0. The van der Waals surface area contributed by atoms with E-state index >= 15 is 0 Å². The van der Waals surface area contributed by atoms with Crippen LogP contribution < -0.4 is 0 Å². The lowest BCUT2D eigenvalue weighted by Gasteiger charge is -1.79. The molecule has 0 aliphatic heterocycles. The Morgan fingerprint density at radius 1 is 0.380 bits per heavy atom. The van der Waals surface area contributed by atoms with Crippen LogP contribution >= 0.6 is 0 Å². The highest BCUT2D eigenvalue weighted by Gasteiger charge is 1.90. The second-order valence-corrected chi connectivity index (χ2v) is 3.49. The number of ketones is 1. The maximum Gasteiger partial charge on any atom is 0.330 e. The van der Waals surface area contributed by atoms with E-state index in [1.54, 1.807) is 6.08 Å². The second-order valence-electron chi connectivity index (χ2n) is 3.49. The molecule has 0 saturated heterocycles. The van der Waals surface area contributed by atoms with Gasteiger partial charge >= 0.3 is 11.9 Å². The fourth-order valence-electron chi connectivity index (χ4n) is 0. The third-order valence-electron chi connectivity index (χ3n) is 0.730. The van der Waals surface area contributed by atoms with E-state index in [0.29, 0.717) is 0 Å². The van der Waals surface area contributed by atoms with Gasteiger partial charge in [-0.1, -0.05) is 226 Å². The van der Waals surface area contributed by atoms with Gasteiger partial charge in [0.2, 0.25) is 0 Å². The van der Waals surface area contributed by atoms with Crippen molar-refractivity contribution in [3.05, 3.63) is 50.1 Å². The van der Waals surface area contributed by atoms with Crippen LogP contribution in [0.5, 0.6) is 0 Å². The van der Waals surface area contributed by atoms with Crippen molar-refractivity contribution < 1.29 is 24.6 Å². The Hall–Kier alpha value is -2.43. The van der Waals surface area contributed by atoms with Gasteiger partial charge in [0, 0.05) is 11.1 Å². The minimum atomic E-state index is -0.935. The minimum absolute atomic E-state index is 0. The SMILES string of the molecule is C.C.C.C.C.C.C.C.C.C.C.C=C.C=C(C)C(=O)O.C=C(C)C(=O)O.C=CC.CC.CC.CC.CC.CC.CC.CC.CC.CC.CC(C)=O. The highest BCUT2D eigenvalue weighted by Crippen LogP contribution is 1.81. The number of rotatable bonds is 2. The van der Waals surface area contributed by atoms with Crippen molar-refractivity contribution in [2.75, 3.05) is 0 Å². The number of allylic oxidation sites excluding steroid dienone is 1. The normalized spacial score (nSPS) is 3.74. The van der Waals surface area contributed by atoms with E-state index in [-0.39, 0.29) is 98.6 Å². The van der Waals surface area contributed by atoms with Crippen LogP contribution in [0, 0.1) is 0 Å². The van der Waals surface area contributed by atoms with E-state index in [0.717, 1.165) is 0 Å². The first-order chi connectivity index (χ1) is 18.4. The Balaban J connectivity index is -0.00000000591. The fourth-order valence-corrected chi connectivity index (χ4v) is 0. The zero-order chi connectivity index (χ0) is 36.6. The number of carboxylic acids is 2. The molecular formula is C45H126O5. The molecule has 50 heavy (non-hydrogen) atoms. The van der Waals surface area contributed by atoms with Gasteiger partial charge in [-0.15, -0.1) is 19.7 Å². The summed E-state index contributed by atoms with van der Waals surface area (Å²) in [6.07, 6.45) is 1.75. The van der Waals surface area contributed by atoms with Crippen LogP contribution in [0.2, 0.25) is 0 Å². The Morgan fingerprint density at radius 3 is 0.400 bits per heavy atom. The summed E-state index contributed by atoms with van der Waals surface area (Å²) in [6, 6.07) is 0. The number of carboxylic acid groups (broad SMARTS) is 2. The van der Waals surface area contributed by atoms with Crippen LogP contribution in [0.3, 0.4) is 0 Å². The highest BCUT2D eigenvalue weighted by atomic mass is 16.4. The summed E-state index contributed by atoms with van der Waals surface area (Å²) in [5, 5.41) is 15.8. The lowest BCUT2D eigenvalue weighted by molar-refractivity contribution is -0.133. The molecule has 0 aliphatic carbocycles. The summed E-state index contributed by atoms with van der Waals surface area (Å²) in [6.45, 7) is 59.5. The number of aliphatic carboxylic acids is 2. The lowest BCUT2D eigenvalue weighted by atomic mass is 10.4. The molecule has 0 aromatic carbocycles. The van der Waals surface area contributed by atoms with Crippen LogP contribution in [0.15, 0.2) is 50.1 Å². The minimum Gasteiger partial charge on any atom is -0.478 e. The van der Waals surface area contributed by atoms with Crippen molar-refractivity contribution in [2.45, 2.75) is 241 Å². The van der Waals surface area contributed by atoms with Crippen LogP contribution in [0.1, 0.15) is 241 Å². The molecule has 0 bridgehead atoms. The molecule has 5 nitrogen and oxygen atoms in total.